The van der Waals surface area contributed by atoms with Gasteiger partial charge in [-0.3, -0.25) is 9.59 Å². The molecular weight excluding hydrogens is 389 g/mol. The van der Waals surface area contributed by atoms with Crippen LogP contribution in [0.5, 0.6) is 0 Å². The van der Waals surface area contributed by atoms with Crippen molar-refractivity contribution in [3.63, 3.8) is 0 Å². The largest absolute Gasteiger partial charge is 0.471 e. The summed E-state index contributed by atoms with van der Waals surface area (Å²) in [7, 11) is 0. The minimum atomic E-state index is -5.11. The standard InChI is InChI=1S/C20H35F3N2O4/c1-6-11-13-18(8-3,25-16(27)20(21,22)23)15(26)24-19(9-4,14-12-7-2)17(28)29-10-5/h6-14H2,1-5H3,(H,24,26)(H,25,27)/t18-,19-/m0/s1. The van der Waals surface area contributed by atoms with E-state index in [0.717, 1.165) is 6.42 Å². The number of carbonyl (C=O) groups excluding carboxylic acids is 3. The van der Waals surface area contributed by atoms with Crippen LogP contribution in [0.2, 0.25) is 0 Å². The second kappa shape index (κ2) is 12.0. The van der Waals surface area contributed by atoms with Gasteiger partial charge in [0.1, 0.15) is 11.1 Å². The molecule has 2 atom stereocenters. The van der Waals surface area contributed by atoms with E-state index in [0.29, 0.717) is 25.7 Å². The zero-order valence-electron chi connectivity index (χ0n) is 18.1. The van der Waals surface area contributed by atoms with Gasteiger partial charge in [-0.15, -0.1) is 0 Å². The van der Waals surface area contributed by atoms with Gasteiger partial charge in [-0.05, 0) is 32.6 Å². The number of hydrogen-bond acceptors (Lipinski definition) is 4. The van der Waals surface area contributed by atoms with E-state index >= 15 is 0 Å². The molecule has 2 N–H and O–H groups in total. The highest BCUT2D eigenvalue weighted by molar-refractivity contribution is 5.96. The third kappa shape index (κ3) is 7.51. The smallest absolute Gasteiger partial charge is 0.464 e. The van der Waals surface area contributed by atoms with E-state index in [-0.39, 0.29) is 25.9 Å². The Balaban J connectivity index is 5.98. The number of unbranched alkanes of at least 4 members (excludes halogenated alkanes) is 2. The van der Waals surface area contributed by atoms with Crippen molar-refractivity contribution in [2.75, 3.05) is 6.61 Å². The van der Waals surface area contributed by atoms with Crippen LogP contribution in [0, 0.1) is 0 Å². The van der Waals surface area contributed by atoms with Crippen molar-refractivity contribution < 1.29 is 32.3 Å². The van der Waals surface area contributed by atoms with Gasteiger partial charge in [-0.1, -0.05) is 53.4 Å². The van der Waals surface area contributed by atoms with Crippen LogP contribution in [0.1, 0.15) is 86.0 Å². The molecule has 0 heterocycles. The van der Waals surface area contributed by atoms with Crippen molar-refractivity contribution in [2.24, 2.45) is 0 Å². The highest BCUT2D eigenvalue weighted by atomic mass is 19.4. The van der Waals surface area contributed by atoms with E-state index in [1.54, 1.807) is 13.8 Å². The van der Waals surface area contributed by atoms with Crippen LogP contribution < -0.4 is 10.6 Å². The Morgan fingerprint density at radius 3 is 1.59 bits per heavy atom. The van der Waals surface area contributed by atoms with E-state index in [9.17, 15) is 27.6 Å². The lowest BCUT2D eigenvalue weighted by Crippen LogP contribution is -2.66. The molecular formula is C20H35F3N2O4. The Morgan fingerprint density at radius 1 is 0.759 bits per heavy atom. The average Bonchev–Trinajstić information content (AvgIpc) is 2.67. The SMILES string of the molecule is CCCC[C@](CC)(NC(=O)C(F)(F)F)C(=O)N[C@@](CC)(CCCC)C(=O)OCC. The molecule has 0 aromatic rings. The van der Waals surface area contributed by atoms with Gasteiger partial charge in [-0.25, -0.2) is 4.79 Å². The minimum absolute atomic E-state index is 0.0318. The molecule has 0 saturated carbocycles. The van der Waals surface area contributed by atoms with E-state index in [4.69, 9.17) is 4.74 Å². The molecule has 0 rings (SSSR count). The zero-order valence-corrected chi connectivity index (χ0v) is 18.1. The topological polar surface area (TPSA) is 84.5 Å². The van der Waals surface area contributed by atoms with Crippen LogP contribution >= 0.6 is 0 Å². The summed E-state index contributed by atoms with van der Waals surface area (Å²) in [4.78, 5) is 37.5. The van der Waals surface area contributed by atoms with Crippen molar-refractivity contribution in [1.82, 2.24) is 10.6 Å². The van der Waals surface area contributed by atoms with Gasteiger partial charge in [0.05, 0.1) is 6.61 Å². The number of ether oxygens (including phenoxy) is 1. The molecule has 0 unspecified atom stereocenters. The summed E-state index contributed by atoms with van der Waals surface area (Å²) < 4.78 is 43.8. The summed E-state index contributed by atoms with van der Waals surface area (Å²) in [6.45, 7) is 8.76. The maximum absolute atomic E-state index is 13.2. The lowest BCUT2D eigenvalue weighted by Gasteiger charge is -2.38. The molecule has 0 aliphatic rings. The molecule has 170 valence electrons. The molecule has 0 aromatic heterocycles. The first-order valence-corrected chi connectivity index (χ1v) is 10.4. The molecule has 0 aliphatic heterocycles. The summed E-state index contributed by atoms with van der Waals surface area (Å²) in [5, 5.41) is 4.56. The number of alkyl halides is 3. The predicted molar refractivity (Wildman–Crippen MR) is 104 cm³/mol. The Bertz CT molecular complexity index is 554. The first-order valence-electron chi connectivity index (χ1n) is 10.4. The number of esters is 1. The minimum Gasteiger partial charge on any atom is -0.464 e. The van der Waals surface area contributed by atoms with Gasteiger partial charge < -0.3 is 15.4 Å². The molecule has 2 amide bonds. The molecule has 9 heteroatoms. The monoisotopic (exact) mass is 424 g/mol. The van der Waals surface area contributed by atoms with Crippen LogP contribution in [-0.4, -0.2) is 41.6 Å². The van der Waals surface area contributed by atoms with Crippen LogP contribution in [0.3, 0.4) is 0 Å². The number of hydrogen-bond donors (Lipinski definition) is 2. The first kappa shape index (κ1) is 27.2. The lowest BCUT2D eigenvalue weighted by atomic mass is 9.84. The first-order chi connectivity index (χ1) is 13.5. The molecule has 0 aromatic carbocycles. The quantitative estimate of drug-likeness (QED) is 0.437. The number of halogens is 3. The second-order valence-electron chi connectivity index (χ2n) is 7.20. The van der Waals surface area contributed by atoms with Gasteiger partial charge >= 0.3 is 18.1 Å². The fourth-order valence-corrected chi connectivity index (χ4v) is 3.14. The molecule has 29 heavy (non-hydrogen) atoms. The fraction of sp³-hybridized carbons (Fsp3) is 0.850. The van der Waals surface area contributed by atoms with Crippen molar-refractivity contribution in [3.8, 4) is 0 Å². The summed E-state index contributed by atoms with van der Waals surface area (Å²) in [6, 6.07) is 0. The van der Waals surface area contributed by atoms with Gasteiger partial charge in [0.15, 0.2) is 0 Å². The number of carbonyl (C=O) groups is 3. The molecule has 0 spiro atoms. The lowest BCUT2D eigenvalue weighted by molar-refractivity contribution is -0.177. The number of amides is 2. The van der Waals surface area contributed by atoms with Crippen LogP contribution in [-0.2, 0) is 19.1 Å². The molecule has 0 aliphatic carbocycles. The summed E-state index contributed by atoms with van der Waals surface area (Å²) in [5.74, 6) is -3.58. The molecule has 0 saturated heterocycles. The zero-order chi connectivity index (χ0) is 22.7. The molecule has 0 bridgehead atoms. The average molecular weight is 425 g/mol. The molecule has 0 fully saturated rings. The maximum atomic E-state index is 13.2. The second-order valence-corrected chi connectivity index (χ2v) is 7.20. The highest BCUT2D eigenvalue weighted by Crippen LogP contribution is 2.27. The van der Waals surface area contributed by atoms with E-state index < -0.39 is 35.0 Å². The van der Waals surface area contributed by atoms with Crippen LogP contribution in [0.4, 0.5) is 13.2 Å². The van der Waals surface area contributed by atoms with Gasteiger partial charge in [-0.2, -0.15) is 13.2 Å². The summed E-state index contributed by atoms with van der Waals surface area (Å²) >= 11 is 0. The summed E-state index contributed by atoms with van der Waals surface area (Å²) in [5.41, 5.74) is -3.11. The Hall–Kier alpha value is -1.80. The van der Waals surface area contributed by atoms with E-state index in [2.05, 4.69) is 5.32 Å². The summed E-state index contributed by atoms with van der Waals surface area (Å²) in [6.07, 6.45) is -2.16. The molecule has 6 nitrogen and oxygen atoms in total. The van der Waals surface area contributed by atoms with Gasteiger partial charge in [0.2, 0.25) is 5.91 Å². The van der Waals surface area contributed by atoms with Crippen molar-refractivity contribution in [2.45, 2.75) is 103 Å². The molecule has 0 radical (unpaired) electrons. The van der Waals surface area contributed by atoms with E-state index in [1.165, 1.54) is 6.92 Å². The third-order valence-electron chi connectivity index (χ3n) is 5.19. The Kier molecular flexibility index (Phi) is 11.3. The van der Waals surface area contributed by atoms with Crippen LogP contribution in [0.25, 0.3) is 0 Å². The number of nitrogens with one attached hydrogen (secondary N) is 2. The maximum Gasteiger partial charge on any atom is 0.471 e. The number of rotatable bonds is 13. The van der Waals surface area contributed by atoms with E-state index in [1.807, 2.05) is 19.2 Å². The van der Waals surface area contributed by atoms with Crippen LogP contribution in [0.15, 0.2) is 0 Å². The fourth-order valence-electron chi connectivity index (χ4n) is 3.14. The van der Waals surface area contributed by atoms with Crippen molar-refractivity contribution >= 4 is 17.8 Å². The normalized spacial score (nSPS) is 15.7. The van der Waals surface area contributed by atoms with Crippen molar-refractivity contribution in [1.29, 1.82) is 0 Å². The van der Waals surface area contributed by atoms with Gasteiger partial charge in [0, 0.05) is 0 Å². The third-order valence-corrected chi connectivity index (χ3v) is 5.19. The van der Waals surface area contributed by atoms with Crippen molar-refractivity contribution in [3.05, 3.63) is 0 Å². The predicted octanol–water partition coefficient (Wildman–Crippen LogP) is 4.02. The van der Waals surface area contributed by atoms with Gasteiger partial charge in [0.25, 0.3) is 0 Å². The Morgan fingerprint density at radius 2 is 1.21 bits per heavy atom. The Labute approximate surface area is 171 Å². The highest BCUT2D eigenvalue weighted by Gasteiger charge is 2.49.